The molecule has 0 spiro atoms. The number of ether oxygens (including phenoxy) is 2. The van der Waals surface area contributed by atoms with E-state index in [-0.39, 0.29) is 17.6 Å². The van der Waals surface area contributed by atoms with Gasteiger partial charge in [0.1, 0.15) is 17.1 Å². The van der Waals surface area contributed by atoms with Crippen molar-refractivity contribution in [2.75, 3.05) is 7.11 Å². The van der Waals surface area contributed by atoms with Crippen LogP contribution in [0.25, 0.3) is 6.08 Å². The Balaban J connectivity index is 1.79. The zero-order valence-corrected chi connectivity index (χ0v) is 15.8. The zero-order valence-electron chi connectivity index (χ0n) is 15.1. The summed E-state index contributed by atoms with van der Waals surface area (Å²) in [5.74, 6) is 1.29. The molecule has 4 nitrogen and oxygen atoms in total. The summed E-state index contributed by atoms with van der Waals surface area (Å²) < 4.78 is 11.3. The van der Waals surface area contributed by atoms with Crippen LogP contribution < -0.4 is 14.8 Å². The number of halogens is 1. The van der Waals surface area contributed by atoms with Gasteiger partial charge in [-0.2, -0.15) is 0 Å². The fraction of sp³-hybridized carbons (Fsp3) is 0.286. The third kappa shape index (κ3) is 4.20. The predicted octanol–water partition coefficient (Wildman–Crippen LogP) is 4.78. The Morgan fingerprint density at radius 2 is 2.08 bits per heavy atom. The molecule has 0 aliphatic carbocycles. The SMILES string of the molecule is COc1ccc2c(c1)OC(C)(C)C[C@H]2NC(=O)/C=C/c1ccccc1Cl. The molecule has 2 aromatic rings. The van der Waals surface area contributed by atoms with Crippen LogP contribution in [0.4, 0.5) is 0 Å². The van der Waals surface area contributed by atoms with E-state index in [0.29, 0.717) is 11.4 Å². The van der Waals surface area contributed by atoms with Crippen LogP contribution in [0.15, 0.2) is 48.5 Å². The van der Waals surface area contributed by atoms with Crippen LogP contribution in [-0.4, -0.2) is 18.6 Å². The highest BCUT2D eigenvalue weighted by molar-refractivity contribution is 6.32. The topological polar surface area (TPSA) is 47.6 Å². The molecule has 0 unspecified atom stereocenters. The number of methoxy groups -OCH3 is 1. The van der Waals surface area contributed by atoms with E-state index in [1.54, 1.807) is 19.3 Å². The van der Waals surface area contributed by atoms with Gasteiger partial charge in [0.2, 0.25) is 5.91 Å². The van der Waals surface area contributed by atoms with Gasteiger partial charge in [0.05, 0.1) is 13.2 Å². The van der Waals surface area contributed by atoms with Crippen LogP contribution in [0.5, 0.6) is 11.5 Å². The number of fused-ring (bicyclic) bond motifs is 1. The van der Waals surface area contributed by atoms with Gasteiger partial charge in [-0.1, -0.05) is 29.8 Å². The number of nitrogens with one attached hydrogen (secondary N) is 1. The molecular weight excluding hydrogens is 350 g/mol. The molecular formula is C21H22ClNO3. The first kappa shape index (κ1) is 18.3. The van der Waals surface area contributed by atoms with E-state index in [4.69, 9.17) is 21.1 Å². The molecule has 0 radical (unpaired) electrons. The maximum Gasteiger partial charge on any atom is 0.244 e. The van der Waals surface area contributed by atoms with Crippen molar-refractivity contribution in [1.82, 2.24) is 5.32 Å². The summed E-state index contributed by atoms with van der Waals surface area (Å²) in [5, 5.41) is 3.68. The molecule has 0 fully saturated rings. The quantitative estimate of drug-likeness (QED) is 0.787. The van der Waals surface area contributed by atoms with Gasteiger partial charge in [0, 0.05) is 29.1 Å². The van der Waals surface area contributed by atoms with Gasteiger partial charge in [-0.25, -0.2) is 0 Å². The maximum absolute atomic E-state index is 12.4. The van der Waals surface area contributed by atoms with Gasteiger partial charge in [-0.3, -0.25) is 4.79 Å². The van der Waals surface area contributed by atoms with Crippen LogP contribution in [0.3, 0.4) is 0 Å². The lowest BCUT2D eigenvalue weighted by molar-refractivity contribution is -0.117. The van der Waals surface area contributed by atoms with Crippen molar-refractivity contribution in [2.45, 2.75) is 31.9 Å². The standard InChI is InChI=1S/C21H22ClNO3/c1-21(2)13-18(16-10-9-15(25-3)12-19(16)26-21)23-20(24)11-8-14-6-4-5-7-17(14)22/h4-12,18H,13H2,1-3H3,(H,23,24)/b11-8+/t18-/m1/s1. The molecule has 0 saturated carbocycles. The van der Waals surface area contributed by atoms with Crippen molar-refractivity contribution in [3.8, 4) is 11.5 Å². The zero-order chi connectivity index (χ0) is 18.7. The first-order chi connectivity index (χ1) is 12.4. The van der Waals surface area contributed by atoms with Gasteiger partial charge in [0.15, 0.2) is 0 Å². The van der Waals surface area contributed by atoms with E-state index in [0.717, 1.165) is 22.6 Å². The molecule has 26 heavy (non-hydrogen) atoms. The van der Waals surface area contributed by atoms with Crippen molar-refractivity contribution in [3.05, 3.63) is 64.7 Å². The molecule has 1 aliphatic rings. The number of amides is 1. The normalized spacial score (nSPS) is 18.1. The average Bonchev–Trinajstić information content (AvgIpc) is 2.59. The number of carbonyl (C=O) groups is 1. The molecule has 1 heterocycles. The Hall–Kier alpha value is -2.46. The van der Waals surface area contributed by atoms with E-state index < -0.39 is 0 Å². The Labute approximate surface area is 158 Å². The minimum Gasteiger partial charge on any atom is -0.497 e. The molecule has 1 amide bonds. The summed E-state index contributed by atoms with van der Waals surface area (Å²) in [6.07, 6.45) is 3.90. The van der Waals surface area contributed by atoms with Crippen molar-refractivity contribution in [2.24, 2.45) is 0 Å². The monoisotopic (exact) mass is 371 g/mol. The highest BCUT2D eigenvalue weighted by atomic mass is 35.5. The fourth-order valence-electron chi connectivity index (χ4n) is 3.08. The predicted molar refractivity (Wildman–Crippen MR) is 104 cm³/mol. The maximum atomic E-state index is 12.4. The molecule has 0 bridgehead atoms. The molecule has 0 aromatic heterocycles. The highest BCUT2D eigenvalue weighted by Gasteiger charge is 2.34. The molecule has 1 aliphatic heterocycles. The fourth-order valence-corrected chi connectivity index (χ4v) is 3.28. The lowest BCUT2D eigenvalue weighted by Gasteiger charge is -2.37. The summed E-state index contributed by atoms with van der Waals surface area (Å²) in [4.78, 5) is 12.4. The third-order valence-corrected chi connectivity index (χ3v) is 4.66. The highest BCUT2D eigenvalue weighted by Crippen LogP contribution is 2.41. The second-order valence-corrected chi connectivity index (χ2v) is 7.29. The number of hydrogen-bond donors (Lipinski definition) is 1. The molecule has 1 N–H and O–H groups in total. The van der Waals surface area contributed by atoms with E-state index in [9.17, 15) is 4.79 Å². The molecule has 5 heteroatoms. The van der Waals surface area contributed by atoms with Crippen LogP contribution >= 0.6 is 11.6 Å². The lowest BCUT2D eigenvalue weighted by atomic mass is 9.89. The second-order valence-electron chi connectivity index (χ2n) is 6.89. The van der Waals surface area contributed by atoms with Crippen LogP contribution in [0.1, 0.15) is 37.4 Å². The van der Waals surface area contributed by atoms with Gasteiger partial charge >= 0.3 is 0 Å². The Morgan fingerprint density at radius 1 is 1.31 bits per heavy atom. The van der Waals surface area contributed by atoms with Crippen LogP contribution in [0, 0.1) is 0 Å². The third-order valence-electron chi connectivity index (χ3n) is 4.31. The second kappa shape index (κ2) is 7.42. The minimum atomic E-state index is -0.385. The largest absolute Gasteiger partial charge is 0.497 e. The molecule has 2 aromatic carbocycles. The molecule has 1 atom stereocenters. The summed E-state index contributed by atoms with van der Waals surface area (Å²) >= 11 is 6.12. The van der Waals surface area contributed by atoms with E-state index in [2.05, 4.69) is 5.32 Å². The number of benzene rings is 2. The Bertz CT molecular complexity index is 845. The molecule has 3 rings (SSSR count). The van der Waals surface area contributed by atoms with Crippen LogP contribution in [0.2, 0.25) is 5.02 Å². The van der Waals surface area contributed by atoms with Crippen molar-refractivity contribution >= 4 is 23.6 Å². The first-order valence-corrected chi connectivity index (χ1v) is 8.86. The van der Waals surface area contributed by atoms with Crippen molar-refractivity contribution in [1.29, 1.82) is 0 Å². The van der Waals surface area contributed by atoms with Crippen molar-refractivity contribution < 1.29 is 14.3 Å². The Morgan fingerprint density at radius 3 is 2.81 bits per heavy atom. The summed E-state index contributed by atoms with van der Waals surface area (Å²) in [7, 11) is 1.62. The van der Waals surface area contributed by atoms with E-state index >= 15 is 0 Å². The summed E-state index contributed by atoms with van der Waals surface area (Å²) in [6.45, 7) is 4.02. The van der Waals surface area contributed by atoms with Gasteiger partial charge < -0.3 is 14.8 Å². The molecule has 0 saturated heterocycles. The number of carbonyl (C=O) groups excluding carboxylic acids is 1. The smallest absolute Gasteiger partial charge is 0.244 e. The van der Waals surface area contributed by atoms with E-state index in [1.807, 2.05) is 50.2 Å². The number of rotatable bonds is 4. The van der Waals surface area contributed by atoms with Crippen molar-refractivity contribution in [3.63, 3.8) is 0 Å². The lowest BCUT2D eigenvalue weighted by Crippen LogP contribution is -2.40. The van der Waals surface area contributed by atoms with Crippen LogP contribution in [-0.2, 0) is 4.79 Å². The van der Waals surface area contributed by atoms with Gasteiger partial charge in [0.25, 0.3) is 0 Å². The first-order valence-electron chi connectivity index (χ1n) is 8.48. The average molecular weight is 372 g/mol. The minimum absolute atomic E-state index is 0.136. The van der Waals surface area contributed by atoms with E-state index in [1.165, 1.54) is 6.08 Å². The van der Waals surface area contributed by atoms with Gasteiger partial charge in [-0.15, -0.1) is 0 Å². The van der Waals surface area contributed by atoms with Gasteiger partial charge in [-0.05, 0) is 43.7 Å². The summed E-state index contributed by atoms with van der Waals surface area (Å²) in [6, 6.07) is 12.9. The molecule has 136 valence electrons. The Kier molecular flexibility index (Phi) is 5.23. The number of hydrogen-bond acceptors (Lipinski definition) is 3. The summed E-state index contributed by atoms with van der Waals surface area (Å²) in [5.41, 5.74) is 1.37.